The summed E-state index contributed by atoms with van der Waals surface area (Å²) in [7, 11) is 0. The molecular formula is C15H20N2O3. The lowest BCUT2D eigenvalue weighted by molar-refractivity contribution is -0.143. The molecule has 3 unspecified atom stereocenters. The van der Waals surface area contributed by atoms with E-state index in [1.165, 1.54) is 0 Å². The first-order valence-electron chi connectivity index (χ1n) is 6.83. The number of hydrogen-bond donors (Lipinski definition) is 2. The van der Waals surface area contributed by atoms with Crippen molar-refractivity contribution >= 4 is 11.9 Å². The molecule has 1 aliphatic rings. The van der Waals surface area contributed by atoms with Crippen LogP contribution < -0.4 is 5.73 Å². The lowest BCUT2D eigenvalue weighted by atomic mass is 10.0. The molecule has 0 spiro atoms. The summed E-state index contributed by atoms with van der Waals surface area (Å²) in [6.45, 7) is 2.29. The van der Waals surface area contributed by atoms with Crippen LogP contribution in [0.5, 0.6) is 0 Å². The minimum atomic E-state index is -0.833. The molecule has 0 aromatic heterocycles. The molecule has 5 nitrogen and oxygen atoms in total. The highest BCUT2D eigenvalue weighted by molar-refractivity contribution is 5.80. The number of carboxylic acids is 1. The number of carbonyl (C=O) groups is 2. The van der Waals surface area contributed by atoms with Crippen LogP contribution in [-0.4, -0.2) is 34.5 Å². The van der Waals surface area contributed by atoms with Crippen LogP contribution in [0.4, 0.5) is 0 Å². The summed E-state index contributed by atoms with van der Waals surface area (Å²) >= 11 is 0. The van der Waals surface area contributed by atoms with Gasteiger partial charge in [-0.1, -0.05) is 30.3 Å². The van der Waals surface area contributed by atoms with E-state index in [2.05, 4.69) is 0 Å². The van der Waals surface area contributed by atoms with Gasteiger partial charge in [-0.15, -0.1) is 0 Å². The summed E-state index contributed by atoms with van der Waals surface area (Å²) in [5.74, 6) is -1.37. The quantitative estimate of drug-likeness (QED) is 0.870. The van der Waals surface area contributed by atoms with E-state index in [1.54, 1.807) is 11.8 Å². The Hall–Kier alpha value is -1.88. The second-order valence-electron chi connectivity index (χ2n) is 5.28. The van der Waals surface area contributed by atoms with Crippen molar-refractivity contribution in [1.82, 2.24) is 4.90 Å². The maximum atomic E-state index is 12.3. The van der Waals surface area contributed by atoms with Crippen LogP contribution in [0.15, 0.2) is 30.3 Å². The Labute approximate surface area is 118 Å². The molecule has 3 N–H and O–H groups in total. The summed E-state index contributed by atoms with van der Waals surface area (Å²) in [5, 5.41) is 9.08. The van der Waals surface area contributed by atoms with Gasteiger partial charge in [0.15, 0.2) is 0 Å². The van der Waals surface area contributed by atoms with Crippen molar-refractivity contribution in [2.45, 2.75) is 31.8 Å². The zero-order valence-corrected chi connectivity index (χ0v) is 11.5. The normalized spacial score (nSPS) is 23.6. The van der Waals surface area contributed by atoms with E-state index >= 15 is 0 Å². The molecular weight excluding hydrogens is 256 g/mol. The van der Waals surface area contributed by atoms with Gasteiger partial charge in [0.05, 0.1) is 5.92 Å². The van der Waals surface area contributed by atoms with Crippen LogP contribution in [0.25, 0.3) is 0 Å². The second kappa shape index (κ2) is 6.05. The minimum Gasteiger partial charge on any atom is -0.481 e. The van der Waals surface area contributed by atoms with Crippen LogP contribution in [0.2, 0.25) is 0 Å². The van der Waals surface area contributed by atoms with Gasteiger partial charge in [-0.05, 0) is 18.9 Å². The van der Waals surface area contributed by atoms with Crippen LogP contribution in [0.3, 0.4) is 0 Å². The van der Waals surface area contributed by atoms with Crippen molar-refractivity contribution < 1.29 is 14.7 Å². The first kappa shape index (κ1) is 14.5. The van der Waals surface area contributed by atoms with Gasteiger partial charge in [-0.25, -0.2) is 0 Å². The number of benzene rings is 1. The lowest BCUT2D eigenvalue weighted by Gasteiger charge is -2.24. The Morgan fingerprint density at radius 1 is 1.40 bits per heavy atom. The maximum absolute atomic E-state index is 12.3. The molecule has 1 aromatic rings. The third-order valence-corrected chi connectivity index (χ3v) is 4.01. The Kier molecular flexibility index (Phi) is 4.39. The summed E-state index contributed by atoms with van der Waals surface area (Å²) in [6.07, 6.45) is 0.726. The number of nitrogens with two attached hydrogens (primary N) is 1. The highest BCUT2D eigenvalue weighted by Crippen LogP contribution is 2.26. The topological polar surface area (TPSA) is 83.6 Å². The first-order chi connectivity index (χ1) is 9.50. The van der Waals surface area contributed by atoms with Crippen LogP contribution >= 0.6 is 0 Å². The number of amides is 1. The molecule has 20 heavy (non-hydrogen) atoms. The van der Waals surface area contributed by atoms with Gasteiger partial charge in [0.25, 0.3) is 0 Å². The summed E-state index contributed by atoms with van der Waals surface area (Å²) in [5.41, 5.74) is 6.96. The van der Waals surface area contributed by atoms with E-state index in [0.717, 1.165) is 5.56 Å². The average Bonchev–Trinajstić information content (AvgIpc) is 2.81. The third-order valence-electron chi connectivity index (χ3n) is 4.01. The smallest absolute Gasteiger partial charge is 0.308 e. The minimum absolute atomic E-state index is 0.0717. The standard InChI is InChI=1S/C15H20N2O3/c1-10-12(15(19)20)7-8-17(10)14(18)9-13(16)11-5-3-2-4-6-11/h2-6,10,12-13H,7-9,16H2,1H3,(H,19,20). The van der Waals surface area contributed by atoms with Crippen LogP contribution in [-0.2, 0) is 9.59 Å². The summed E-state index contributed by atoms with van der Waals surface area (Å²) in [4.78, 5) is 25.0. The van der Waals surface area contributed by atoms with Crippen molar-refractivity contribution in [1.29, 1.82) is 0 Å². The molecule has 0 bridgehead atoms. The van der Waals surface area contributed by atoms with Gasteiger partial charge < -0.3 is 15.7 Å². The molecule has 1 fully saturated rings. The van der Waals surface area contributed by atoms with E-state index in [4.69, 9.17) is 10.8 Å². The third kappa shape index (κ3) is 2.99. The van der Waals surface area contributed by atoms with Gasteiger partial charge in [0.1, 0.15) is 0 Å². The fourth-order valence-corrected chi connectivity index (χ4v) is 2.75. The number of carboxylic acid groups (broad SMARTS) is 1. The number of rotatable bonds is 4. The Bertz CT molecular complexity index is 489. The van der Waals surface area contributed by atoms with E-state index in [9.17, 15) is 9.59 Å². The second-order valence-corrected chi connectivity index (χ2v) is 5.28. The van der Waals surface area contributed by atoms with Crippen LogP contribution in [0, 0.1) is 5.92 Å². The molecule has 0 aliphatic carbocycles. The SMILES string of the molecule is CC1C(C(=O)O)CCN1C(=O)CC(N)c1ccccc1. The maximum Gasteiger partial charge on any atom is 0.308 e. The van der Waals surface area contributed by atoms with Crippen molar-refractivity contribution in [3.8, 4) is 0 Å². The molecule has 108 valence electrons. The molecule has 1 aromatic carbocycles. The molecule has 2 rings (SSSR count). The Morgan fingerprint density at radius 2 is 2.05 bits per heavy atom. The first-order valence-corrected chi connectivity index (χ1v) is 6.83. The molecule has 1 amide bonds. The highest BCUT2D eigenvalue weighted by atomic mass is 16.4. The summed E-state index contributed by atoms with van der Waals surface area (Å²) in [6, 6.07) is 8.86. The monoisotopic (exact) mass is 276 g/mol. The number of likely N-dealkylation sites (tertiary alicyclic amines) is 1. The number of carbonyl (C=O) groups excluding carboxylic acids is 1. The molecule has 5 heteroatoms. The van der Waals surface area contributed by atoms with E-state index in [0.29, 0.717) is 13.0 Å². The van der Waals surface area contributed by atoms with E-state index in [1.807, 2.05) is 30.3 Å². The van der Waals surface area contributed by atoms with Gasteiger partial charge >= 0.3 is 5.97 Å². The van der Waals surface area contributed by atoms with Crippen molar-refractivity contribution in [3.05, 3.63) is 35.9 Å². The van der Waals surface area contributed by atoms with Crippen molar-refractivity contribution in [3.63, 3.8) is 0 Å². The zero-order valence-electron chi connectivity index (χ0n) is 11.5. The molecule has 0 radical (unpaired) electrons. The van der Waals surface area contributed by atoms with E-state index in [-0.39, 0.29) is 24.4 Å². The zero-order chi connectivity index (χ0) is 14.7. The van der Waals surface area contributed by atoms with Gasteiger partial charge in [0.2, 0.25) is 5.91 Å². The molecule has 1 heterocycles. The molecule has 1 saturated heterocycles. The number of hydrogen-bond acceptors (Lipinski definition) is 3. The fraction of sp³-hybridized carbons (Fsp3) is 0.467. The van der Waals surface area contributed by atoms with Gasteiger partial charge in [-0.2, -0.15) is 0 Å². The lowest BCUT2D eigenvalue weighted by Crippen LogP contribution is -2.38. The van der Waals surface area contributed by atoms with Gasteiger partial charge in [-0.3, -0.25) is 9.59 Å². The van der Waals surface area contributed by atoms with Gasteiger partial charge in [0, 0.05) is 25.0 Å². The number of aliphatic carboxylic acids is 1. The predicted octanol–water partition coefficient (Wildman–Crippen LogP) is 1.40. The average molecular weight is 276 g/mol. The Balaban J connectivity index is 1.97. The Morgan fingerprint density at radius 3 is 2.60 bits per heavy atom. The van der Waals surface area contributed by atoms with Crippen molar-refractivity contribution in [2.24, 2.45) is 11.7 Å². The predicted molar refractivity (Wildman–Crippen MR) is 74.9 cm³/mol. The summed E-state index contributed by atoms with van der Waals surface area (Å²) < 4.78 is 0. The molecule has 3 atom stereocenters. The molecule has 0 saturated carbocycles. The van der Waals surface area contributed by atoms with E-state index < -0.39 is 11.9 Å². The van der Waals surface area contributed by atoms with Crippen molar-refractivity contribution in [2.75, 3.05) is 6.54 Å². The highest BCUT2D eigenvalue weighted by Gasteiger charge is 2.38. The van der Waals surface area contributed by atoms with Crippen LogP contribution in [0.1, 0.15) is 31.4 Å². The largest absolute Gasteiger partial charge is 0.481 e. The molecule has 1 aliphatic heterocycles. The number of nitrogens with zero attached hydrogens (tertiary/aromatic N) is 1. The fourth-order valence-electron chi connectivity index (χ4n) is 2.75.